The lowest BCUT2D eigenvalue weighted by Crippen LogP contribution is -2.32. The fourth-order valence-corrected chi connectivity index (χ4v) is 2.90. The molecule has 0 aromatic heterocycles. The molecule has 1 unspecified atom stereocenters. The van der Waals surface area contributed by atoms with E-state index in [9.17, 15) is 19.7 Å². The Labute approximate surface area is 102 Å². The Morgan fingerprint density at radius 3 is 2.61 bits per heavy atom. The first kappa shape index (κ1) is 10.9. The van der Waals surface area contributed by atoms with Crippen molar-refractivity contribution in [3.05, 3.63) is 39.4 Å². The topological polar surface area (TPSA) is 89.3 Å². The van der Waals surface area contributed by atoms with Crippen LogP contribution in [-0.4, -0.2) is 16.7 Å². The Morgan fingerprint density at radius 2 is 2.00 bits per heavy atom. The Morgan fingerprint density at radius 1 is 1.22 bits per heavy atom. The van der Waals surface area contributed by atoms with Crippen LogP contribution in [-0.2, 0) is 22.4 Å². The molecule has 1 saturated heterocycles. The third kappa shape index (κ3) is 1.35. The molecule has 3 rings (SSSR count). The third-order valence-corrected chi connectivity index (χ3v) is 3.72. The van der Waals surface area contributed by atoms with Gasteiger partial charge in [-0.25, -0.2) is 0 Å². The number of carbonyl (C=O) groups is 2. The smallest absolute Gasteiger partial charge is 0.272 e. The van der Waals surface area contributed by atoms with Gasteiger partial charge in [0.05, 0.1) is 10.3 Å². The zero-order chi connectivity index (χ0) is 12.9. The second-order valence-electron chi connectivity index (χ2n) is 4.86. The predicted octanol–water partition coefficient (Wildman–Crippen LogP) is 0.726. The molecule has 0 radical (unpaired) electrons. The van der Waals surface area contributed by atoms with Crippen LogP contribution in [0.15, 0.2) is 18.2 Å². The number of nitro benzene ring substituents is 1. The highest BCUT2D eigenvalue weighted by Gasteiger charge is 2.51. The second kappa shape index (κ2) is 3.38. The molecule has 1 heterocycles. The van der Waals surface area contributed by atoms with Crippen molar-refractivity contribution in [1.29, 1.82) is 0 Å². The highest BCUT2D eigenvalue weighted by Crippen LogP contribution is 2.45. The maximum Gasteiger partial charge on any atom is 0.272 e. The number of carbonyl (C=O) groups excluding carboxylic acids is 2. The van der Waals surface area contributed by atoms with Crippen molar-refractivity contribution in [2.24, 2.45) is 5.41 Å². The summed E-state index contributed by atoms with van der Waals surface area (Å²) in [4.78, 5) is 33.7. The molecule has 2 aliphatic rings. The summed E-state index contributed by atoms with van der Waals surface area (Å²) in [5, 5.41) is 13.2. The standard InChI is InChI=1S/C12H10N2O4/c15-10-6-12(11(16)13-10)4-7-2-1-3-9(14(17)18)8(7)5-12/h1-3H,4-6H2,(H,13,15,16). The number of fused-ring (bicyclic) bond motifs is 1. The molecule has 1 aliphatic heterocycles. The normalized spacial score (nSPS) is 25.3. The van der Waals surface area contributed by atoms with Crippen LogP contribution in [0.25, 0.3) is 0 Å². The van der Waals surface area contributed by atoms with Gasteiger partial charge in [-0.2, -0.15) is 0 Å². The molecule has 1 fully saturated rings. The quantitative estimate of drug-likeness (QED) is 0.449. The van der Waals surface area contributed by atoms with Crippen LogP contribution >= 0.6 is 0 Å². The van der Waals surface area contributed by atoms with E-state index in [2.05, 4.69) is 5.32 Å². The van der Waals surface area contributed by atoms with Crippen molar-refractivity contribution in [3.63, 3.8) is 0 Å². The number of nitro groups is 1. The van der Waals surface area contributed by atoms with Crippen molar-refractivity contribution in [2.75, 3.05) is 0 Å². The molecular formula is C12H10N2O4. The molecule has 6 heteroatoms. The Balaban J connectivity index is 2.06. The van der Waals surface area contributed by atoms with Gasteiger partial charge in [-0.05, 0) is 18.4 Å². The van der Waals surface area contributed by atoms with Gasteiger partial charge in [0.1, 0.15) is 0 Å². The minimum absolute atomic E-state index is 0.0384. The summed E-state index contributed by atoms with van der Waals surface area (Å²) in [7, 11) is 0. The first-order valence-corrected chi connectivity index (χ1v) is 5.61. The molecule has 1 spiro atoms. The zero-order valence-corrected chi connectivity index (χ0v) is 9.43. The van der Waals surface area contributed by atoms with E-state index in [1.165, 1.54) is 6.07 Å². The summed E-state index contributed by atoms with van der Waals surface area (Å²) in [5.74, 6) is -0.603. The number of nitrogens with zero attached hydrogens (tertiary/aromatic N) is 1. The van der Waals surface area contributed by atoms with Gasteiger partial charge in [0.25, 0.3) is 5.69 Å². The van der Waals surface area contributed by atoms with Crippen LogP contribution in [0, 0.1) is 15.5 Å². The Bertz CT molecular complexity index is 596. The van der Waals surface area contributed by atoms with Crippen molar-refractivity contribution >= 4 is 17.5 Å². The van der Waals surface area contributed by atoms with Crippen molar-refractivity contribution in [2.45, 2.75) is 19.3 Å². The van der Waals surface area contributed by atoms with Crippen LogP contribution in [0.4, 0.5) is 5.69 Å². The van der Waals surface area contributed by atoms with E-state index in [0.717, 1.165) is 5.56 Å². The summed E-state index contributed by atoms with van der Waals surface area (Å²) in [6, 6.07) is 4.84. The van der Waals surface area contributed by atoms with E-state index in [4.69, 9.17) is 0 Å². The van der Waals surface area contributed by atoms with E-state index < -0.39 is 10.3 Å². The van der Waals surface area contributed by atoms with Crippen LogP contribution in [0.3, 0.4) is 0 Å². The highest BCUT2D eigenvalue weighted by molar-refractivity contribution is 6.06. The largest absolute Gasteiger partial charge is 0.296 e. The van der Waals surface area contributed by atoms with Gasteiger partial charge in [0.15, 0.2) is 0 Å². The summed E-state index contributed by atoms with van der Waals surface area (Å²) >= 11 is 0. The van der Waals surface area contributed by atoms with E-state index >= 15 is 0 Å². The Kier molecular flexibility index (Phi) is 2.04. The van der Waals surface area contributed by atoms with Gasteiger partial charge >= 0.3 is 0 Å². The van der Waals surface area contributed by atoms with Gasteiger partial charge in [-0.15, -0.1) is 0 Å². The lowest BCUT2D eigenvalue weighted by Gasteiger charge is -2.16. The minimum atomic E-state index is -0.800. The Hall–Kier alpha value is -2.24. The summed E-state index contributed by atoms with van der Waals surface area (Å²) < 4.78 is 0. The molecular weight excluding hydrogens is 236 g/mol. The second-order valence-corrected chi connectivity index (χ2v) is 4.86. The van der Waals surface area contributed by atoms with Crippen molar-refractivity contribution < 1.29 is 14.5 Å². The molecule has 92 valence electrons. The van der Waals surface area contributed by atoms with Gasteiger partial charge in [0, 0.05) is 18.1 Å². The third-order valence-electron chi connectivity index (χ3n) is 3.72. The molecule has 0 bridgehead atoms. The zero-order valence-electron chi connectivity index (χ0n) is 9.43. The van der Waals surface area contributed by atoms with Crippen LogP contribution in [0.2, 0.25) is 0 Å². The minimum Gasteiger partial charge on any atom is -0.296 e. The fourth-order valence-electron chi connectivity index (χ4n) is 2.90. The molecule has 1 atom stereocenters. The molecule has 0 saturated carbocycles. The van der Waals surface area contributed by atoms with E-state index in [-0.39, 0.29) is 30.3 Å². The van der Waals surface area contributed by atoms with Gasteiger partial charge < -0.3 is 0 Å². The maximum absolute atomic E-state index is 11.9. The van der Waals surface area contributed by atoms with Gasteiger partial charge in [-0.1, -0.05) is 12.1 Å². The van der Waals surface area contributed by atoms with E-state index in [1.54, 1.807) is 12.1 Å². The number of benzene rings is 1. The predicted molar refractivity (Wildman–Crippen MR) is 60.7 cm³/mol. The number of imide groups is 1. The summed E-state index contributed by atoms with van der Waals surface area (Å²) in [6.07, 6.45) is 0.802. The molecule has 6 nitrogen and oxygen atoms in total. The van der Waals surface area contributed by atoms with E-state index in [1.807, 2.05) is 0 Å². The van der Waals surface area contributed by atoms with Crippen molar-refractivity contribution in [1.82, 2.24) is 5.32 Å². The molecule has 2 amide bonds. The molecule has 1 aliphatic carbocycles. The van der Waals surface area contributed by atoms with Gasteiger partial charge in [0.2, 0.25) is 11.8 Å². The summed E-state index contributed by atoms with van der Waals surface area (Å²) in [5.41, 5.74) is 0.629. The molecule has 1 aromatic carbocycles. The van der Waals surface area contributed by atoms with Crippen LogP contribution < -0.4 is 5.32 Å². The first-order chi connectivity index (χ1) is 8.52. The van der Waals surface area contributed by atoms with E-state index in [0.29, 0.717) is 12.0 Å². The number of amides is 2. The lowest BCUT2D eigenvalue weighted by molar-refractivity contribution is -0.385. The maximum atomic E-state index is 11.9. The monoisotopic (exact) mass is 246 g/mol. The average molecular weight is 246 g/mol. The molecule has 1 aromatic rings. The summed E-state index contributed by atoms with van der Waals surface area (Å²) in [6.45, 7) is 0. The lowest BCUT2D eigenvalue weighted by atomic mass is 9.83. The number of rotatable bonds is 1. The number of hydrogen-bond donors (Lipinski definition) is 1. The van der Waals surface area contributed by atoms with Crippen LogP contribution in [0.5, 0.6) is 0 Å². The SMILES string of the molecule is O=C1CC2(Cc3cccc([N+](=O)[O-])c3C2)C(=O)N1. The first-order valence-electron chi connectivity index (χ1n) is 5.61. The van der Waals surface area contributed by atoms with Crippen LogP contribution in [0.1, 0.15) is 17.5 Å². The van der Waals surface area contributed by atoms with Crippen molar-refractivity contribution in [3.8, 4) is 0 Å². The number of nitrogens with one attached hydrogen (secondary N) is 1. The highest BCUT2D eigenvalue weighted by atomic mass is 16.6. The molecule has 1 N–H and O–H groups in total. The van der Waals surface area contributed by atoms with Gasteiger partial charge in [-0.3, -0.25) is 25.0 Å². The average Bonchev–Trinajstić information content (AvgIpc) is 2.78. The fraction of sp³-hybridized carbons (Fsp3) is 0.333. The molecule has 18 heavy (non-hydrogen) atoms. The number of hydrogen-bond acceptors (Lipinski definition) is 4.